The molecule has 138 valence electrons. The van der Waals surface area contributed by atoms with Crippen LogP contribution in [0.1, 0.15) is 0 Å². The van der Waals surface area contributed by atoms with Crippen molar-refractivity contribution >= 4 is 34.7 Å². The molecule has 27 heavy (non-hydrogen) atoms. The minimum absolute atomic E-state index is 0.0792. The fourth-order valence-corrected chi connectivity index (χ4v) is 3.55. The first kappa shape index (κ1) is 17.9. The summed E-state index contributed by atoms with van der Waals surface area (Å²) in [4.78, 5) is 17.2. The predicted octanol–water partition coefficient (Wildman–Crippen LogP) is 4.31. The van der Waals surface area contributed by atoms with E-state index < -0.39 is 5.82 Å². The van der Waals surface area contributed by atoms with Crippen LogP contribution in [0.4, 0.5) is 15.9 Å². The van der Waals surface area contributed by atoms with Gasteiger partial charge in [0, 0.05) is 50.2 Å². The zero-order chi connectivity index (χ0) is 18.8. The number of rotatable bonds is 3. The largest absolute Gasteiger partial charge is 0.367 e. The van der Waals surface area contributed by atoms with Gasteiger partial charge >= 0.3 is 0 Å². The number of nitrogens with zero attached hydrogens (tertiary/aromatic N) is 5. The molecule has 1 aliphatic heterocycles. The third-order valence-corrected chi connectivity index (χ3v) is 5.14. The van der Waals surface area contributed by atoms with Crippen LogP contribution >= 0.6 is 23.2 Å². The van der Waals surface area contributed by atoms with Crippen LogP contribution in [-0.2, 0) is 0 Å². The van der Waals surface area contributed by atoms with Gasteiger partial charge in [-0.05, 0) is 24.3 Å². The predicted molar refractivity (Wildman–Crippen MR) is 106 cm³/mol. The minimum atomic E-state index is -0.444. The van der Waals surface area contributed by atoms with E-state index in [1.54, 1.807) is 24.5 Å². The Labute approximate surface area is 166 Å². The number of piperazine rings is 1. The maximum absolute atomic E-state index is 13.4. The second kappa shape index (κ2) is 7.66. The lowest BCUT2D eigenvalue weighted by atomic mass is 10.1. The average molecular weight is 404 g/mol. The van der Waals surface area contributed by atoms with Gasteiger partial charge in [0.25, 0.3) is 0 Å². The van der Waals surface area contributed by atoms with E-state index in [0.717, 1.165) is 43.2 Å². The van der Waals surface area contributed by atoms with Gasteiger partial charge in [-0.2, -0.15) is 0 Å². The Morgan fingerprint density at radius 2 is 1.67 bits per heavy atom. The smallest absolute Gasteiger partial charge is 0.141 e. The monoisotopic (exact) mass is 403 g/mol. The zero-order valence-corrected chi connectivity index (χ0v) is 15.8. The lowest BCUT2D eigenvalue weighted by Crippen LogP contribution is -2.47. The highest BCUT2D eigenvalue weighted by Gasteiger charge is 2.20. The van der Waals surface area contributed by atoms with Crippen molar-refractivity contribution in [2.45, 2.75) is 0 Å². The van der Waals surface area contributed by atoms with Gasteiger partial charge in [0.1, 0.15) is 18.0 Å². The fourth-order valence-electron chi connectivity index (χ4n) is 3.13. The van der Waals surface area contributed by atoms with Crippen LogP contribution in [0.25, 0.3) is 11.3 Å². The zero-order valence-electron chi connectivity index (χ0n) is 14.3. The highest BCUT2D eigenvalue weighted by molar-refractivity contribution is 6.33. The number of benzene rings is 1. The molecule has 0 bridgehead atoms. The summed E-state index contributed by atoms with van der Waals surface area (Å²) in [6, 6.07) is 8.41. The van der Waals surface area contributed by atoms with Crippen LogP contribution in [0.2, 0.25) is 10.0 Å². The van der Waals surface area contributed by atoms with E-state index in [2.05, 4.69) is 24.8 Å². The van der Waals surface area contributed by atoms with Crippen molar-refractivity contribution < 1.29 is 4.39 Å². The third-order valence-electron chi connectivity index (χ3n) is 4.56. The van der Waals surface area contributed by atoms with Crippen molar-refractivity contribution in [2.75, 3.05) is 36.0 Å². The molecule has 2 aromatic heterocycles. The average Bonchev–Trinajstić information content (AvgIpc) is 2.71. The Bertz CT molecular complexity index is 960. The number of halogens is 3. The molecule has 0 amide bonds. The summed E-state index contributed by atoms with van der Waals surface area (Å²) in [7, 11) is 0. The van der Waals surface area contributed by atoms with Gasteiger partial charge in [-0.15, -0.1) is 0 Å². The quantitative estimate of drug-likeness (QED) is 0.651. The van der Waals surface area contributed by atoms with Crippen molar-refractivity contribution in [2.24, 2.45) is 0 Å². The van der Waals surface area contributed by atoms with E-state index in [1.807, 2.05) is 12.1 Å². The van der Waals surface area contributed by atoms with Crippen LogP contribution in [0, 0.1) is 5.82 Å². The standard InChI is InChI=1S/C19H16Cl2FN5/c20-14-9-13(1-2-16(14)22)17-10-19(25-12-24-17)27-7-5-26(6-8-27)18-3-4-23-11-15(18)21/h1-4,9-12H,5-8H2. The van der Waals surface area contributed by atoms with Crippen molar-refractivity contribution in [1.29, 1.82) is 0 Å². The molecule has 3 aromatic rings. The molecule has 0 radical (unpaired) electrons. The number of hydrogen-bond donors (Lipinski definition) is 0. The van der Waals surface area contributed by atoms with Gasteiger partial charge in [-0.1, -0.05) is 23.2 Å². The summed E-state index contributed by atoms with van der Waals surface area (Å²) in [6.45, 7) is 3.26. The molecule has 0 atom stereocenters. The van der Waals surface area contributed by atoms with E-state index in [0.29, 0.717) is 10.7 Å². The maximum atomic E-state index is 13.4. The molecule has 1 aromatic carbocycles. The fraction of sp³-hybridized carbons (Fsp3) is 0.211. The highest BCUT2D eigenvalue weighted by atomic mass is 35.5. The van der Waals surface area contributed by atoms with Crippen LogP contribution in [0.15, 0.2) is 49.1 Å². The first-order chi connectivity index (χ1) is 13.1. The number of anilines is 2. The molecule has 1 saturated heterocycles. The van der Waals surface area contributed by atoms with E-state index in [4.69, 9.17) is 23.2 Å². The van der Waals surface area contributed by atoms with Crippen molar-refractivity contribution in [3.63, 3.8) is 0 Å². The van der Waals surface area contributed by atoms with E-state index in [1.165, 1.54) is 12.4 Å². The van der Waals surface area contributed by atoms with Crippen LogP contribution < -0.4 is 9.80 Å². The number of hydrogen-bond acceptors (Lipinski definition) is 5. The molecule has 4 rings (SSSR count). The second-order valence-electron chi connectivity index (χ2n) is 6.19. The van der Waals surface area contributed by atoms with Gasteiger partial charge in [-0.3, -0.25) is 4.98 Å². The Balaban J connectivity index is 1.50. The minimum Gasteiger partial charge on any atom is -0.367 e. The number of aromatic nitrogens is 3. The van der Waals surface area contributed by atoms with E-state index in [-0.39, 0.29) is 5.02 Å². The molecular weight excluding hydrogens is 388 g/mol. The molecule has 8 heteroatoms. The molecule has 3 heterocycles. The summed E-state index contributed by atoms with van der Waals surface area (Å²) in [5.74, 6) is 0.390. The normalized spacial score (nSPS) is 14.5. The van der Waals surface area contributed by atoms with E-state index >= 15 is 0 Å². The van der Waals surface area contributed by atoms with Gasteiger partial charge in [0.15, 0.2) is 0 Å². The Kier molecular flexibility index (Phi) is 5.09. The maximum Gasteiger partial charge on any atom is 0.141 e. The topological polar surface area (TPSA) is 45.2 Å². The summed E-state index contributed by atoms with van der Waals surface area (Å²) < 4.78 is 13.4. The van der Waals surface area contributed by atoms with Gasteiger partial charge < -0.3 is 9.80 Å². The van der Waals surface area contributed by atoms with Gasteiger partial charge in [0.2, 0.25) is 0 Å². The third kappa shape index (κ3) is 3.82. The summed E-state index contributed by atoms with van der Waals surface area (Å²) >= 11 is 12.1. The molecular formula is C19H16Cl2FN5. The lowest BCUT2D eigenvalue weighted by Gasteiger charge is -2.37. The summed E-state index contributed by atoms with van der Waals surface area (Å²) in [6.07, 6.45) is 4.93. The molecule has 0 N–H and O–H groups in total. The Hall–Kier alpha value is -2.44. The van der Waals surface area contributed by atoms with Crippen molar-refractivity contribution in [1.82, 2.24) is 15.0 Å². The lowest BCUT2D eigenvalue weighted by molar-refractivity contribution is 0.628. The SMILES string of the molecule is Fc1ccc(-c2cc(N3CCN(c4ccncc4Cl)CC3)ncn2)cc1Cl. The Morgan fingerprint density at radius 3 is 2.41 bits per heavy atom. The van der Waals surface area contributed by atoms with Gasteiger partial charge in [0.05, 0.1) is 21.4 Å². The molecule has 1 aliphatic rings. The van der Waals surface area contributed by atoms with Crippen LogP contribution in [0.3, 0.4) is 0 Å². The molecule has 0 spiro atoms. The van der Waals surface area contributed by atoms with E-state index in [9.17, 15) is 4.39 Å². The second-order valence-corrected chi connectivity index (χ2v) is 7.01. The number of pyridine rings is 1. The first-order valence-corrected chi connectivity index (χ1v) is 9.24. The van der Waals surface area contributed by atoms with Crippen molar-refractivity contribution in [3.8, 4) is 11.3 Å². The summed E-state index contributed by atoms with van der Waals surface area (Å²) in [5.41, 5.74) is 2.46. The highest BCUT2D eigenvalue weighted by Crippen LogP contribution is 2.28. The first-order valence-electron chi connectivity index (χ1n) is 8.49. The van der Waals surface area contributed by atoms with Crippen LogP contribution in [0.5, 0.6) is 0 Å². The Morgan fingerprint density at radius 1 is 0.889 bits per heavy atom. The molecule has 0 aliphatic carbocycles. The van der Waals surface area contributed by atoms with Gasteiger partial charge in [-0.25, -0.2) is 14.4 Å². The summed E-state index contributed by atoms with van der Waals surface area (Å²) in [5, 5.41) is 0.735. The molecule has 0 saturated carbocycles. The molecule has 1 fully saturated rings. The molecule has 5 nitrogen and oxygen atoms in total. The van der Waals surface area contributed by atoms with Crippen molar-refractivity contribution in [3.05, 3.63) is 64.9 Å². The molecule has 0 unspecified atom stereocenters. The van der Waals surface area contributed by atoms with Crippen LogP contribution in [-0.4, -0.2) is 41.1 Å².